The maximum absolute atomic E-state index is 12.2. The summed E-state index contributed by atoms with van der Waals surface area (Å²) >= 11 is 0. The van der Waals surface area contributed by atoms with Gasteiger partial charge in [0.15, 0.2) is 0 Å². The molecule has 5 rings (SSSR count). The van der Waals surface area contributed by atoms with E-state index in [0.29, 0.717) is 23.3 Å². The van der Waals surface area contributed by atoms with E-state index in [9.17, 15) is 4.79 Å². The van der Waals surface area contributed by atoms with Crippen molar-refractivity contribution in [2.75, 3.05) is 19.8 Å². The first-order valence-electron chi connectivity index (χ1n) is 8.97. The summed E-state index contributed by atoms with van der Waals surface area (Å²) in [5, 5.41) is 6.29. The highest BCUT2D eigenvalue weighted by Gasteiger charge is 2.56. The second-order valence-electron chi connectivity index (χ2n) is 7.84. The number of benzene rings is 1. The fourth-order valence-corrected chi connectivity index (χ4v) is 5.06. The largest absolute Gasteiger partial charge is 0.381 e. The van der Waals surface area contributed by atoms with Crippen molar-refractivity contribution in [3.8, 4) is 0 Å². The van der Waals surface area contributed by atoms with Gasteiger partial charge in [-0.2, -0.15) is 0 Å². The fourth-order valence-electron chi connectivity index (χ4n) is 5.06. The van der Waals surface area contributed by atoms with Gasteiger partial charge in [0, 0.05) is 25.8 Å². The first kappa shape index (κ1) is 13.8. The Kier molecular flexibility index (Phi) is 2.99. The summed E-state index contributed by atoms with van der Waals surface area (Å²) in [6.07, 6.45) is 4.52. The summed E-state index contributed by atoms with van der Waals surface area (Å²) < 4.78 is 5.43. The Bertz CT molecular complexity index is 638. The third-order valence-electron chi connectivity index (χ3n) is 6.68. The van der Waals surface area contributed by atoms with Crippen LogP contribution < -0.4 is 10.6 Å². The van der Waals surface area contributed by atoms with Crippen molar-refractivity contribution < 1.29 is 9.53 Å². The van der Waals surface area contributed by atoms with Crippen LogP contribution in [0.15, 0.2) is 24.3 Å². The minimum atomic E-state index is 0.0247. The lowest BCUT2D eigenvalue weighted by molar-refractivity contribution is 0.0547. The van der Waals surface area contributed by atoms with E-state index in [4.69, 9.17) is 4.74 Å². The number of urea groups is 1. The third kappa shape index (κ3) is 2.26. The second-order valence-corrected chi connectivity index (χ2v) is 7.84. The minimum absolute atomic E-state index is 0.0247. The van der Waals surface area contributed by atoms with Gasteiger partial charge in [0.05, 0.1) is 0 Å². The van der Waals surface area contributed by atoms with E-state index in [2.05, 4.69) is 34.9 Å². The molecule has 4 heteroatoms. The van der Waals surface area contributed by atoms with Crippen LogP contribution in [-0.4, -0.2) is 31.8 Å². The zero-order chi connectivity index (χ0) is 15.4. The van der Waals surface area contributed by atoms with Crippen LogP contribution in [0.1, 0.15) is 36.3 Å². The van der Waals surface area contributed by atoms with Crippen LogP contribution in [0.4, 0.5) is 4.79 Å². The number of nitrogens with one attached hydrogen (secondary N) is 2. The van der Waals surface area contributed by atoms with Gasteiger partial charge in [-0.05, 0) is 60.0 Å². The number of hydrogen-bond acceptors (Lipinski definition) is 2. The summed E-state index contributed by atoms with van der Waals surface area (Å²) in [5.74, 6) is 2.09. The van der Waals surface area contributed by atoms with Crippen molar-refractivity contribution >= 4 is 6.03 Å². The average molecular weight is 312 g/mol. The van der Waals surface area contributed by atoms with Crippen molar-refractivity contribution in [3.05, 3.63) is 35.4 Å². The molecule has 4 aliphatic rings. The molecular weight excluding hydrogens is 288 g/mol. The van der Waals surface area contributed by atoms with Gasteiger partial charge in [0.1, 0.15) is 0 Å². The lowest BCUT2D eigenvalue weighted by Gasteiger charge is -2.23. The lowest BCUT2D eigenvalue weighted by Crippen LogP contribution is -2.40. The molecule has 1 aliphatic heterocycles. The van der Waals surface area contributed by atoms with Gasteiger partial charge in [0.2, 0.25) is 0 Å². The van der Waals surface area contributed by atoms with Crippen LogP contribution in [0.5, 0.6) is 0 Å². The Labute approximate surface area is 137 Å². The number of hydrogen-bond donors (Lipinski definition) is 2. The van der Waals surface area contributed by atoms with Gasteiger partial charge in [-0.15, -0.1) is 0 Å². The molecule has 4 nitrogen and oxygen atoms in total. The Morgan fingerprint density at radius 3 is 2.96 bits per heavy atom. The molecule has 1 aromatic rings. The molecule has 4 unspecified atom stereocenters. The van der Waals surface area contributed by atoms with Crippen molar-refractivity contribution in [3.63, 3.8) is 0 Å². The number of fused-ring (bicyclic) bond motifs is 3. The molecular formula is C19H24N2O2. The SMILES string of the molecule is O=C(NCC1C2Cc3ccccc3C12)NC1CC12CCOCC2. The van der Waals surface area contributed by atoms with E-state index in [1.54, 1.807) is 0 Å². The minimum Gasteiger partial charge on any atom is -0.381 e. The summed E-state index contributed by atoms with van der Waals surface area (Å²) in [6, 6.07) is 9.17. The van der Waals surface area contributed by atoms with Crippen LogP contribution in [0.2, 0.25) is 0 Å². The highest BCUT2D eigenvalue weighted by molar-refractivity contribution is 5.75. The van der Waals surface area contributed by atoms with E-state index in [1.807, 2.05) is 0 Å². The molecule has 1 aromatic carbocycles. The van der Waals surface area contributed by atoms with Crippen LogP contribution >= 0.6 is 0 Å². The van der Waals surface area contributed by atoms with Gasteiger partial charge in [-0.1, -0.05) is 24.3 Å². The second kappa shape index (κ2) is 4.97. The number of carbonyl (C=O) groups excluding carboxylic acids is 1. The predicted octanol–water partition coefficient (Wildman–Crippen LogP) is 2.44. The van der Waals surface area contributed by atoms with Crippen LogP contribution in [0.3, 0.4) is 0 Å². The fraction of sp³-hybridized carbons (Fsp3) is 0.632. The number of carbonyl (C=O) groups is 1. The quantitative estimate of drug-likeness (QED) is 0.901. The van der Waals surface area contributed by atoms with Crippen molar-refractivity contribution in [2.24, 2.45) is 17.3 Å². The van der Waals surface area contributed by atoms with Gasteiger partial charge in [-0.25, -0.2) is 4.79 Å². The highest BCUT2D eigenvalue weighted by Crippen LogP contribution is 2.61. The molecule has 0 aromatic heterocycles. The molecule has 122 valence electrons. The van der Waals surface area contributed by atoms with Gasteiger partial charge in [-0.3, -0.25) is 0 Å². The van der Waals surface area contributed by atoms with E-state index in [-0.39, 0.29) is 6.03 Å². The van der Waals surface area contributed by atoms with Crippen LogP contribution in [0.25, 0.3) is 0 Å². The van der Waals surface area contributed by atoms with Gasteiger partial charge >= 0.3 is 6.03 Å². The summed E-state index contributed by atoms with van der Waals surface area (Å²) in [6.45, 7) is 2.52. The van der Waals surface area contributed by atoms with E-state index >= 15 is 0 Å². The molecule has 2 saturated carbocycles. The lowest BCUT2D eigenvalue weighted by atomic mass is 9.96. The standard InChI is InChI=1S/C19H24N2O2/c22-18(21-16-10-19(16)5-7-23-8-6-19)20-11-15-14-9-12-3-1-2-4-13(12)17(14)15/h1-4,14-17H,5-11H2,(H2,20,21,22). The Morgan fingerprint density at radius 2 is 2.09 bits per heavy atom. The molecule has 23 heavy (non-hydrogen) atoms. The molecule has 4 atom stereocenters. The normalized spacial score (nSPS) is 35.3. The van der Waals surface area contributed by atoms with Gasteiger partial charge in [0.25, 0.3) is 0 Å². The summed E-state index contributed by atoms with van der Waals surface area (Å²) in [4.78, 5) is 12.2. The van der Waals surface area contributed by atoms with E-state index < -0.39 is 0 Å². The maximum Gasteiger partial charge on any atom is 0.315 e. The zero-order valence-electron chi connectivity index (χ0n) is 13.4. The van der Waals surface area contributed by atoms with Crippen molar-refractivity contribution in [2.45, 2.75) is 37.6 Å². The average Bonchev–Trinajstić information content (AvgIpc) is 3.38. The molecule has 3 aliphatic carbocycles. The summed E-state index contributed by atoms with van der Waals surface area (Å²) in [5.41, 5.74) is 3.39. The monoisotopic (exact) mass is 312 g/mol. The Morgan fingerprint density at radius 1 is 1.26 bits per heavy atom. The van der Waals surface area contributed by atoms with Crippen LogP contribution in [0, 0.1) is 17.3 Å². The Balaban J connectivity index is 1.10. The van der Waals surface area contributed by atoms with E-state index in [0.717, 1.165) is 44.9 Å². The number of ether oxygens (including phenoxy) is 1. The molecule has 0 bridgehead atoms. The number of amides is 2. The zero-order valence-corrected chi connectivity index (χ0v) is 13.4. The predicted molar refractivity (Wildman–Crippen MR) is 87.3 cm³/mol. The van der Waals surface area contributed by atoms with Crippen molar-refractivity contribution in [1.82, 2.24) is 10.6 Å². The first-order valence-corrected chi connectivity index (χ1v) is 8.97. The molecule has 1 spiro atoms. The topological polar surface area (TPSA) is 50.4 Å². The first-order chi connectivity index (χ1) is 11.3. The smallest absolute Gasteiger partial charge is 0.315 e. The Hall–Kier alpha value is -1.55. The summed E-state index contributed by atoms with van der Waals surface area (Å²) in [7, 11) is 0. The third-order valence-corrected chi connectivity index (χ3v) is 6.68. The van der Waals surface area contributed by atoms with Crippen molar-refractivity contribution in [1.29, 1.82) is 0 Å². The number of rotatable bonds is 3. The van der Waals surface area contributed by atoms with Gasteiger partial charge < -0.3 is 15.4 Å². The molecule has 2 N–H and O–H groups in total. The molecule has 1 saturated heterocycles. The van der Waals surface area contributed by atoms with Crippen LogP contribution in [-0.2, 0) is 11.2 Å². The molecule has 3 fully saturated rings. The maximum atomic E-state index is 12.2. The molecule has 1 heterocycles. The molecule has 2 amide bonds. The van der Waals surface area contributed by atoms with E-state index in [1.165, 1.54) is 17.5 Å². The highest BCUT2D eigenvalue weighted by atomic mass is 16.5. The molecule has 0 radical (unpaired) electrons.